The average molecular weight is 380 g/mol. The minimum Gasteiger partial charge on any atom is -0.507 e. The Hall–Kier alpha value is -2.49. The number of hydrogen-bond donors (Lipinski definition) is 1. The lowest BCUT2D eigenvalue weighted by Crippen LogP contribution is -2.44. The Kier molecular flexibility index (Phi) is 5.84. The van der Waals surface area contributed by atoms with Crippen molar-refractivity contribution in [2.75, 3.05) is 18.1 Å². The molecule has 1 atom stereocenters. The van der Waals surface area contributed by atoms with E-state index in [1.807, 2.05) is 12.1 Å². The molecule has 1 unspecified atom stereocenters. The van der Waals surface area contributed by atoms with Crippen molar-refractivity contribution in [1.29, 1.82) is 0 Å². The lowest BCUT2D eigenvalue weighted by atomic mass is 9.88. The maximum atomic E-state index is 12.5. The second-order valence-electron chi connectivity index (χ2n) is 7.95. The predicted molar refractivity (Wildman–Crippen MR) is 112 cm³/mol. The van der Waals surface area contributed by atoms with E-state index in [0.29, 0.717) is 24.3 Å². The third-order valence-corrected chi connectivity index (χ3v) is 5.93. The minimum absolute atomic E-state index is 0.0584. The summed E-state index contributed by atoms with van der Waals surface area (Å²) in [5.74, 6) is 0.784. The first-order valence-electron chi connectivity index (χ1n) is 10.6. The number of aromatic hydroxyl groups is 1. The highest BCUT2D eigenvalue weighted by molar-refractivity contribution is 6.06. The Morgan fingerprint density at radius 1 is 1.07 bits per heavy atom. The van der Waals surface area contributed by atoms with Crippen molar-refractivity contribution in [3.63, 3.8) is 0 Å². The number of anilines is 1. The molecule has 4 heteroatoms. The lowest BCUT2D eigenvalue weighted by molar-refractivity contribution is 0.0958. The number of nitrogens with zero attached hydrogens (tertiary/aromatic N) is 1. The summed E-state index contributed by atoms with van der Waals surface area (Å²) in [4.78, 5) is 14.8. The summed E-state index contributed by atoms with van der Waals surface area (Å²) in [6, 6.07) is 14.4. The number of Topliss-reactive ketones (excluding diaryl/α,β-unsaturated/α-hetero) is 1. The number of piperidine rings is 1. The largest absolute Gasteiger partial charge is 0.507 e. The zero-order valence-corrected chi connectivity index (χ0v) is 16.4. The summed E-state index contributed by atoms with van der Waals surface area (Å²) < 4.78 is 5.92. The molecule has 0 amide bonds. The number of fused-ring (bicyclic) bond motifs is 3. The molecular weight excluding hydrogens is 350 g/mol. The van der Waals surface area contributed by atoms with Gasteiger partial charge in [-0.05, 0) is 50.5 Å². The molecule has 0 radical (unpaired) electrons. The summed E-state index contributed by atoms with van der Waals surface area (Å²) in [7, 11) is 0. The van der Waals surface area contributed by atoms with Gasteiger partial charge in [0.2, 0.25) is 0 Å². The van der Waals surface area contributed by atoms with E-state index in [9.17, 15) is 9.90 Å². The van der Waals surface area contributed by atoms with E-state index >= 15 is 0 Å². The van der Waals surface area contributed by atoms with Crippen LogP contribution in [0.15, 0.2) is 42.5 Å². The van der Waals surface area contributed by atoms with Crippen molar-refractivity contribution in [1.82, 2.24) is 0 Å². The summed E-state index contributed by atoms with van der Waals surface area (Å²) in [6.45, 7) is 1.58. The van der Waals surface area contributed by atoms with Gasteiger partial charge in [0.1, 0.15) is 11.5 Å². The Bertz CT molecular complexity index is 818. The SMILES string of the molecule is O=C1CC2CCCCN2c2cc(OCCCCCc3ccccc3)cc(O)c21. The van der Waals surface area contributed by atoms with Crippen LogP contribution in [0.5, 0.6) is 11.5 Å². The first kappa shape index (κ1) is 18.9. The summed E-state index contributed by atoms with van der Waals surface area (Å²) in [5.41, 5.74) is 2.72. The van der Waals surface area contributed by atoms with Crippen molar-refractivity contribution in [3.8, 4) is 11.5 Å². The third-order valence-electron chi connectivity index (χ3n) is 5.93. The number of carbonyl (C=O) groups is 1. The monoisotopic (exact) mass is 379 g/mol. The van der Waals surface area contributed by atoms with Gasteiger partial charge in [-0.15, -0.1) is 0 Å². The second kappa shape index (κ2) is 8.68. The van der Waals surface area contributed by atoms with Gasteiger partial charge in [-0.1, -0.05) is 30.3 Å². The van der Waals surface area contributed by atoms with Crippen molar-refractivity contribution < 1.29 is 14.6 Å². The highest BCUT2D eigenvalue weighted by Gasteiger charge is 2.35. The fraction of sp³-hybridized carbons (Fsp3) is 0.458. The van der Waals surface area contributed by atoms with Gasteiger partial charge in [0.25, 0.3) is 0 Å². The third kappa shape index (κ3) is 4.16. The highest BCUT2D eigenvalue weighted by Crippen LogP contribution is 2.42. The predicted octanol–water partition coefficient (Wildman–Crippen LogP) is 5.13. The number of unbranched alkanes of at least 4 members (excludes halogenated alkanes) is 2. The normalized spacial score (nSPS) is 18.5. The number of ether oxygens (including phenoxy) is 1. The molecule has 148 valence electrons. The van der Waals surface area contributed by atoms with E-state index in [4.69, 9.17) is 4.74 Å². The number of benzene rings is 2. The maximum Gasteiger partial charge on any atom is 0.170 e. The Morgan fingerprint density at radius 3 is 2.79 bits per heavy atom. The fourth-order valence-corrected chi connectivity index (χ4v) is 4.47. The van der Waals surface area contributed by atoms with Crippen molar-refractivity contribution in [2.45, 2.75) is 57.4 Å². The van der Waals surface area contributed by atoms with Gasteiger partial charge >= 0.3 is 0 Å². The van der Waals surface area contributed by atoms with Gasteiger partial charge in [-0.2, -0.15) is 0 Å². The highest BCUT2D eigenvalue weighted by atomic mass is 16.5. The Balaban J connectivity index is 1.33. The number of phenols is 1. The molecule has 2 aliphatic rings. The van der Waals surface area contributed by atoms with Gasteiger partial charge in [-0.25, -0.2) is 0 Å². The molecule has 2 heterocycles. The first-order valence-corrected chi connectivity index (χ1v) is 10.6. The number of hydrogen-bond acceptors (Lipinski definition) is 4. The van der Waals surface area contributed by atoms with E-state index < -0.39 is 0 Å². The molecule has 0 bridgehead atoms. The molecule has 4 nitrogen and oxygen atoms in total. The maximum absolute atomic E-state index is 12.5. The number of carbonyl (C=O) groups excluding carboxylic acids is 1. The number of ketones is 1. The molecule has 1 N–H and O–H groups in total. The zero-order valence-electron chi connectivity index (χ0n) is 16.4. The molecule has 28 heavy (non-hydrogen) atoms. The van der Waals surface area contributed by atoms with E-state index in [-0.39, 0.29) is 17.6 Å². The number of rotatable bonds is 7. The molecule has 0 aromatic heterocycles. The van der Waals surface area contributed by atoms with Crippen LogP contribution in [0.4, 0.5) is 5.69 Å². The van der Waals surface area contributed by atoms with Gasteiger partial charge in [0, 0.05) is 31.1 Å². The second-order valence-corrected chi connectivity index (χ2v) is 7.95. The van der Waals surface area contributed by atoms with E-state index in [2.05, 4.69) is 29.2 Å². The van der Waals surface area contributed by atoms with E-state index in [1.54, 1.807) is 6.07 Å². The molecule has 0 saturated carbocycles. The number of phenolic OH excluding ortho intramolecular Hbond substituents is 1. The van der Waals surface area contributed by atoms with Crippen LogP contribution in [0.1, 0.15) is 60.9 Å². The van der Waals surface area contributed by atoms with Gasteiger partial charge in [0.15, 0.2) is 5.78 Å². The van der Waals surface area contributed by atoms with Crippen molar-refractivity contribution in [2.24, 2.45) is 0 Å². The minimum atomic E-state index is 0.0584. The topological polar surface area (TPSA) is 49.8 Å². The molecule has 2 aromatic rings. The van der Waals surface area contributed by atoms with Crippen molar-refractivity contribution >= 4 is 11.5 Å². The summed E-state index contributed by atoms with van der Waals surface area (Å²) in [5, 5.41) is 10.4. The van der Waals surface area contributed by atoms with Crippen LogP contribution in [-0.2, 0) is 6.42 Å². The molecular formula is C24H29NO3. The Morgan fingerprint density at radius 2 is 1.93 bits per heavy atom. The summed E-state index contributed by atoms with van der Waals surface area (Å²) in [6.07, 6.45) is 8.22. The Labute approximate surface area is 167 Å². The van der Waals surface area contributed by atoms with Crippen LogP contribution in [0, 0.1) is 0 Å². The van der Waals surface area contributed by atoms with Crippen LogP contribution in [0.3, 0.4) is 0 Å². The van der Waals surface area contributed by atoms with Crippen LogP contribution < -0.4 is 9.64 Å². The average Bonchev–Trinajstić information content (AvgIpc) is 2.71. The van der Waals surface area contributed by atoms with E-state index in [1.165, 1.54) is 12.0 Å². The van der Waals surface area contributed by atoms with E-state index in [0.717, 1.165) is 50.8 Å². The lowest BCUT2D eigenvalue weighted by Gasteiger charge is -2.41. The van der Waals surface area contributed by atoms with Gasteiger partial charge in [-0.3, -0.25) is 4.79 Å². The zero-order chi connectivity index (χ0) is 19.3. The first-order chi connectivity index (χ1) is 13.7. The molecule has 1 saturated heterocycles. The molecule has 2 aliphatic heterocycles. The van der Waals surface area contributed by atoms with Crippen molar-refractivity contribution in [3.05, 3.63) is 53.6 Å². The van der Waals surface area contributed by atoms with Gasteiger partial charge in [0.05, 0.1) is 17.9 Å². The smallest absolute Gasteiger partial charge is 0.170 e. The molecule has 0 aliphatic carbocycles. The van der Waals surface area contributed by atoms with Crippen LogP contribution >= 0.6 is 0 Å². The molecule has 1 fully saturated rings. The fourth-order valence-electron chi connectivity index (χ4n) is 4.47. The van der Waals surface area contributed by atoms with Crippen LogP contribution in [-0.4, -0.2) is 30.1 Å². The summed E-state index contributed by atoms with van der Waals surface area (Å²) >= 11 is 0. The quantitative estimate of drug-likeness (QED) is 0.678. The number of aryl methyl sites for hydroxylation is 1. The molecule has 4 rings (SSSR count). The molecule has 0 spiro atoms. The van der Waals surface area contributed by atoms with Crippen LogP contribution in [0.25, 0.3) is 0 Å². The standard InChI is InChI=1S/C24H29NO3/c26-22-15-19-12-6-7-13-25(19)21-16-20(17-23(27)24(21)22)28-14-8-2-5-11-18-9-3-1-4-10-18/h1,3-4,9-10,16-17,19,27H,2,5-8,11-15H2. The van der Waals surface area contributed by atoms with Crippen LogP contribution in [0.2, 0.25) is 0 Å². The van der Waals surface area contributed by atoms with Gasteiger partial charge < -0.3 is 14.7 Å². The molecule has 2 aromatic carbocycles.